The maximum Gasteiger partial charge on any atom is -0.00176 e. The minimum absolute atomic E-state index is 0.773. The third kappa shape index (κ3) is 3.83. The Morgan fingerprint density at radius 2 is 2.00 bits per heavy atom. The van der Waals surface area contributed by atoms with Crippen LogP contribution in [-0.2, 0) is 0 Å². The summed E-state index contributed by atoms with van der Waals surface area (Å²) in [6.07, 6.45) is 4.08. The summed E-state index contributed by atoms with van der Waals surface area (Å²) >= 11 is 0. The second-order valence-electron chi connectivity index (χ2n) is 5.31. The van der Waals surface area contributed by atoms with Gasteiger partial charge in [-0.15, -0.1) is 6.58 Å². The summed E-state index contributed by atoms with van der Waals surface area (Å²) in [7, 11) is 0. The van der Waals surface area contributed by atoms with Crippen molar-refractivity contribution in [3.8, 4) is 0 Å². The van der Waals surface area contributed by atoms with Crippen LogP contribution in [-0.4, -0.2) is 13.1 Å². The molecule has 0 heterocycles. The molecule has 1 N–H and O–H groups in total. The molecule has 0 amide bonds. The molecule has 1 aliphatic carbocycles. The zero-order valence-electron chi connectivity index (χ0n) is 9.97. The van der Waals surface area contributed by atoms with Crippen LogP contribution in [0, 0.1) is 17.8 Å². The Hall–Kier alpha value is -0.300. The normalized spacial score (nSPS) is 26.3. The SMILES string of the molecule is C=C(C)CC1CCC1CNCC(C)C. The van der Waals surface area contributed by atoms with E-state index in [9.17, 15) is 0 Å². The van der Waals surface area contributed by atoms with Crippen molar-refractivity contribution in [2.45, 2.75) is 40.0 Å². The molecule has 1 rings (SSSR count). The molecule has 2 unspecified atom stereocenters. The Labute approximate surface area is 89.0 Å². The first-order chi connectivity index (χ1) is 6.59. The summed E-state index contributed by atoms with van der Waals surface area (Å²) in [4.78, 5) is 0. The molecule has 1 heteroatoms. The summed E-state index contributed by atoms with van der Waals surface area (Å²) in [5.74, 6) is 2.62. The van der Waals surface area contributed by atoms with E-state index in [0.717, 1.165) is 24.3 Å². The number of hydrogen-bond acceptors (Lipinski definition) is 1. The second kappa shape index (κ2) is 5.55. The fraction of sp³-hybridized carbons (Fsp3) is 0.846. The van der Waals surface area contributed by atoms with Gasteiger partial charge in [0.2, 0.25) is 0 Å². The van der Waals surface area contributed by atoms with Crippen molar-refractivity contribution in [3.63, 3.8) is 0 Å². The fourth-order valence-electron chi connectivity index (χ4n) is 2.18. The molecule has 82 valence electrons. The molecule has 14 heavy (non-hydrogen) atoms. The van der Waals surface area contributed by atoms with Crippen molar-refractivity contribution in [2.24, 2.45) is 17.8 Å². The largest absolute Gasteiger partial charge is 0.316 e. The molecule has 0 radical (unpaired) electrons. The molecular weight excluding hydrogens is 170 g/mol. The highest BCUT2D eigenvalue weighted by molar-refractivity contribution is 4.95. The van der Waals surface area contributed by atoms with Gasteiger partial charge in [-0.25, -0.2) is 0 Å². The predicted octanol–water partition coefficient (Wildman–Crippen LogP) is 3.22. The number of allylic oxidation sites excluding steroid dienone is 1. The van der Waals surface area contributed by atoms with Crippen LogP contribution < -0.4 is 5.32 Å². The molecule has 0 aromatic rings. The number of hydrogen-bond donors (Lipinski definition) is 1. The fourth-order valence-corrected chi connectivity index (χ4v) is 2.18. The summed E-state index contributed by atoms with van der Waals surface area (Å²) in [5, 5.41) is 3.56. The molecular formula is C13H25N. The number of nitrogens with one attached hydrogen (secondary N) is 1. The minimum Gasteiger partial charge on any atom is -0.316 e. The van der Waals surface area contributed by atoms with Crippen LogP contribution in [0.2, 0.25) is 0 Å². The molecule has 0 spiro atoms. The lowest BCUT2D eigenvalue weighted by Gasteiger charge is -2.37. The lowest BCUT2D eigenvalue weighted by atomic mass is 9.71. The Morgan fingerprint density at radius 1 is 1.36 bits per heavy atom. The van der Waals surface area contributed by atoms with Gasteiger partial charge in [-0.3, -0.25) is 0 Å². The molecule has 1 aliphatic rings. The van der Waals surface area contributed by atoms with E-state index in [0.29, 0.717) is 0 Å². The highest BCUT2D eigenvalue weighted by Gasteiger charge is 2.29. The lowest BCUT2D eigenvalue weighted by molar-refractivity contribution is 0.169. The van der Waals surface area contributed by atoms with Gasteiger partial charge in [0, 0.05) is 0 Å². The highest BCUT2D eigenvalue weighted by atomic mass is 14.9. The lowest BCUT2D eigenvalue weighted by Crippen LogP contribution is -2.36. The first-order valence-electron chi connectivity index (χ1n) is 5.94. The van der Waals surface area contributed by atoms with Crippen LogP contribution in [0.4, 0.5) is 0 Å². The zero-order chi connectivity index (χ0) is 10.6. The van der Waals surface area contributed by atoms with Crippen molar-refractivity contribution in [2.75, 3.05) is 13.1 Å². The Bertz CT molecular complexity index is 184. The smallest absolute Gasteiger partial charge is 0.00176 e. The maximum atomic E-state index is 4.00. The van der Waals surface area contributed by atoms with Crippen LogP contribution >= 0.6 is 0 Å². The van der Waals surface area contributed by atoms with E-state index in [1.54, 1.807) is 0 Å². The van der Waals surface area contributed by atoms with E-state index >= 15 is 0 Å². The van der Waals surface area contributed by atoms with Crippen LogP contribution in [0.25, 0.3) is 0 Å². The maximum absolute atomic E-state index is 4.00. The topological polar surface area (TPSA) is 12.0 Å². The molecule has 0 saturated heterocycles. The Balaban J connectivity index is 2.10. The average molecular weight is 195 g/mol. The van der Waals surface area contributed by atoms with Gasteiger partial charge in [-0.1, -0.05) is 19.4 Å². The van der Waals surface area contributed by atoms with Crippen LogP contribution in [0.15, 0.2) is 12.2 Å². The molecule has 1 fully saturated rings. The van der Waals surface area contributed by atoms with Crippen molar-refractivity contribution >= 4 is 0 Å². The van der Waals surface area contributed by atoms with E-state index in [-0.39, 0.29) is 0 Å². The molecule has 0 aromatic heterocycles. The van der Waals surface area contributed by atoms with Crippen LogP contribution in [0.3, 0.4) is 0 Å². The van der Waals surface area contributed by atoms with Gasteiger partial charge in [-0.05, 0) is 57.0 Å². The molecule has 1 nitrogen and oxygen atoms in total. The quantitative estimate of drug-likeness (QED) is 0.642. The highest BCUT2D eigenvalue weighted by Crippen LogP contribution is 2.37. The van der Waals surface area contributed by atoms with E-state index in [2.05, 4.69) is 32.7 Å². The van der Waals surface area contributed by atoms with E-state index in [1.807, 2.05) is 0 Å². The third-order valence-corrected chi connectivity index (χ3v) is 3.14. The van der Waals surface area contributed by atoms with Gasteiger partial charge in [0.15, 0.2) is 0 Å². The van der Waals surface area contributed by atoms with E-state index < -0.39 is 0 Å². The summed E-state index contributed by atoms with van der Waals surface area (Å²) in [5.41, 5.74) is 1.35. The zero-order valence-corrected chi connectivity index (χ0v) is 9.97. The predicted molar refractivity (Wildman–Crippen MR) is 63.4 cm³/mol. The number of rotatable bonds is 6. The first-order valence-corrected chi connectivity index (χ1v) is 5.94. The second-order valence-corrected chi connectivity index (χ2v) is 5.31. The van der Waals surface area contributed by atoms with Gasteiger partial charge in [0.1, 0.15) is 0 Å². The van der Waals surface area contributed by atoms with Crippen LogP contribution in [0.5, 0.6) is 0 Å². The van der Waals surface area contributed by atoms with Gasteiger partial charge < -0.3 is 5.32 Å². The Kier molecular flexibility index (Phi) is 4.67. The van der Waals surface area contributed by atoms with Gasteiger partial charge in [0.05, 0.1) is 0 Å². The summed E-state index contributed by atoms with van der Waals surface area (Å²) < 4.78 is 0. The van der Waals surface area contributed by atoms with Crippen molar-refractivity contribution in [1.82, 2.24) is 5.32 Å². The van der Waals surface area contributed by atoms with Crippen molar-refractivity contribution in [1.29, 1.82) is 0 Å². The van der Waals surface area contributed by atoms with Crippen molar-refractivity contribution < 1.29 is 0 Å². The van der Waals surface area contributed by atoms with Gasteiger partial charge >= 0.3 is 0 Å². The van der Waals surface area contributed by atoms with E-state index in [4.69, 9.17) is 0 Å². The van der Waals surface area contributed by atoms with E-state index in [1.165, 1.54) is 31.4 Å². The van der Waals surface area contributed by atoms with Crippen LogP contribution in [0.1, 0.15) is 40.0 Å². The summed E-state index contributed by atoms with van der Waals surface area (Å²) in [6.45, 7) is 13.1. The third-order valence-electron chi connectivity index (χ3n) is 3.14. The standard InChI is InChI=1S/C13H25N/c1-10(2)7-12-5-6-13(12)9-14-8-11(3)4/h11-14H,1,5-9H2,2-4H3. The first kappa shape index (κ1) is 11.8. The Morgan fingerprint density at radius 3 is 2.43 bits per heavy atom. The average Bonchev–Trinajstić information content (AvgIpc) is 2.06. The monoisotopic (exact) mass is 195 g/mol. The molecule has 2 atom stereocenters. The van der Waals surface area contributed by atoms with Crippen molar-refractivity contribution in [3.05, 3.63) is 12.2 Å². The molecule has 0 bridgehead atoms. The van der Waals surface area contributed by atoms with Gasteiger partial charge in [-0.2, -0.15) is 0 Å². The molecule has 1 saturated carbocycles. The molecule has 0 aliphatic heterocycles. The molecule has 0 aromatic carbocycles. The minimum atomic E-state index is 0.773. The summed E-state index contributed by atoms with van der Waals surface area (Å²) in [6, 6.07) is 0. The van der Waals surface area contributed by atoms with Gasteiger partial charge in [0.25, 0.3) is 0 Å².